The van der Waals surface area contributed by atoms with Gasteiger partial charge in [0.25, 0.3) is 5.91 Å². The van der Waals surface area contributed by atoms with Gasteiger partial charge in [-0.15, -0.1) is 0 Å². The van der Waals surface area contributed by atoms with Gasteiger partial charge in [0.1, 0.15) is 12.8 Å². The molecular formula is C8H8BrNO4. The third kappa shape index (κ3) is 2.59. The molecule has 0 radical (unpaired) electrons. The number of furan rings is 1. The number of carbonyl (C=O) groups excluding carboxylic acids is 1. The largest absolute Gasteiger partial charge is 0.480 e. The molecule has 0 aliphatic carbocycles. The first-order chi connectivity index (χ1) is 6.50. The lowest BCUT2D eigenvalue weighted by Gasteiger charge is -2.12. The molecule has 0 spiro atoms. The number of carboxylic acids is 1. The van der Waals surface area contributed by atoms with Crippen LogP contribution in [0.15, 0.2) is 21.4 Å². The van der Waals surface area contributed by atoms with E-state index < -0.39 is 5.97 Å². The van der Waals surface area contributed by atoms with Crippen molar-refractivity contribution in [1.29, 1.82) is 0 Å². The van der Waals surface area contributed by atoms with Gasteiger partial charge in [0.05, 0.1) is 5.56 Å². The van der Waals surface area contributed by atoms with E-state index in [1.54, 1.807) is 0 Å². The van der Waals surface area contributed by atoms with Gasteiger partial charge in [0, 0.05) is 13.1 Å². The van der Waals surface area contributed by atoms with Crippen LogP contribution in [0.25, 0.3) is 0 Å². The second kappa shape index (κ2) is 4.28. The Kier molecular flexibility index (Phi) is 3.29. The Morgan fingerprint density at radius 2 is 2.29 bits per heavy atom. The molecule has 0 bridgehead atoms. The number of rotatable bonds is 3. The van der Waals surface area contributed by atoms with Crippen LogP contribution >= 0.6 is 15.9 Å². The highest BCUT2D eigenvalue weighted by atomic mass is 79.9. The van der Waals surface area contributed by atoms with Crippen molar-refractivity contribution in [1.82, 2.24) is 4.90 Å². The van der Waals surface area contributed by atoms with E-state index in [-0.39, 0.29) is 12.5 Å². The van der Waals surface area contributed by atoms with Gasteiger partial charge in [-0.1, -0.05) is 0 Å². The number of halogens is 1. The molecule has 1 rings (SSSR count). The molecule has 1 aromatic heterocycles. The van der Waals surface area contributed by atoms with Gasteiger partial charge >= 0.3 is 5.97 Å². The summed E-state index contributed by atoms with van der Waals surface area (Å²) in [5.74, 6) is -1.44. The average Bonchev–Trinajstić information content (AvgIpc) is 2.49. The summed E-state index contributed by atoms with van der Waals surface area (Å²) in [6.45, 7) is -0.332. The summed E-state index contributed by atoms with van der Waals surface area (Å²) >= 11 is 3.05. The van der Waals surface area contributed by atoms with Crippen molar-refractivity contribution in [3.05, 3.63) is 22.6 Å². The first kappa shape index (κ1) is 10.8. The van der Waals surface area contributed by atoms with Crippen LogP contribution in [0.2, 0.25) is 0 Å². The molecule has 1 heterocycles. The number of hydrogen-bond acceptors (Lipinski definition) is 3. The monoisotopic (exact) mass is 261 g/mol. The minimum absolute atomic E-state index is 0.320. The second-order valence-electron chi connectivity index (χ2n) is 2.69. The van der Waals surface area contributed by atoms with Crippen LogP contribution in [0.5, 0.6) is 0 Å². The van der Waals surface area contributed by atoms with E-state index in [1.807, 2.05) is 0 Å². The zero-order valence-electron chi connectivity index (χ0n) is 7.36. The Bertz CT molecular complexity index is 360. The van der Waals surface area contributed by atoms with Crippen LogP contribution in [0.4, 0.5) is 0 Å². The van der Waals surface area contributed by atoms with Crippen LogP contribution in [-0.4, -0.2) is 35.5 Å². The minimum Gasteiger partial charge on any atom is -0.480 e. The Hall–Kier alpha value is -1.30. The number of hydrogen-bond donors (Lipinski definition) is 1. The molecule has 76 valence electrons. The Morgan fingerprint density at radius 3 is 2.71 bits per heavy atom. The van der Waals surface area contributed by atoms with E-state index in [4.69, 9.17) is 9.52 Å². The first-order valence-electron chi connectivity index (χ1n) is 3.72. The molecule has 1 N–H and O–H groups in total. The van der Waals surface area contributed by atoms with Gasteiger partial charge in [-0.05, 0) is 15.9 Å². The lowest BCUT2D eigenvalue weighted by Crippen LogP contribution is -2.31. The predicted octanol–water partition coefficient (Wildman–Crippen LogP) is 1.20. The molecule has 1 amide bonds. The van der Waals surface area contributed by atoms with Crippen LogP contribution in [0.3, 0.4) is 0 Å². The maximum absolute atomic E-state index is 11.5. The van der Waals surface area contributed by atoms with Crippen molar-refractivity contribution in [2.45, 2.75) is 0 Å². The molecule has 0 aliphatic heterocycles. The lowest BCUT2D eigenvalue weighted by atomic mass is 10.3. The highest BCUT2D eigenvalue weighted by Gasteiger charge is 2.16. The van der Waals surface area contributed by atoms with Gasteiger partial charge in [-0.2, -0.15) is 0 Å². The molecular weight excluding hydrogens is 254 g/mol. The zero-order valence-corrected chi connectivity index (χ0v) is 8.94. The second-order valence-corrected chi connectivity index (χ2v) is 3.48. The summed E-state index contributed by atoms with van der Waals surface area (Å²) in [4.78, 5) is 22.9. The number of aliphatic carboxylic acids is 1. The molecule has 1 aromatic rings. The molecule has 0 aliphatic rings. The highest BCUT2D eigenvalue weighted by Crippen LogP contribution is 2.15. The summed E-state index contributed by atoms with van der Waals surface area (Å²) in [5, 5.41) is 8.46. The average molecular weight is 262 g/mol. The van der Waals surface area contributed by atoms with Crippen molar-refractivity contribution in [3.63, 3.8) is 0 Å². The fraction of sp³-hybridized carbons (Fsp3) is 0.250. The molecule has 0 unspecified atom stereocenters. The molecule has 0 saturated carbocycles. The number of amides is 1. The zero-order chi connectivity index (χ0) is 10.7. The lowest BCUT2D eigenvalue weighted by molar-refractivity contribution is -0.137. The number of carboxylic acid groups (broad SMARTS) is 1. The highest BCUT2D eigenvalue weighted by molar-refractivity contribution is 9.10. The van der Waals surface area contributed by atoms with E-state index in [9.17, 15) is 9.59 Å². The SMILES string of the molecule is CN(CC(=O)O)C(=O)c1coc(Br)c1. The third-order valence-corrected chi connectivity index (χ3v) is 1.95. The molecule has 5 nitrogen and oxygen atoms in total. The Labute approximate surface area is 88.4 Å². The quantitative estimate of drug-likeness (QED) is 0.888. The van der Waals surface area contributed by atoms with Gasteiger partial charge < -0.3 is 14.4 Å². The van der Waals surface area contributed by atoms with E-state index in [0.29, 0.717) is 10.2 Å². The van der Waals surface area contributed by atoms with E-state index in [0.717, 1.165) is 4.90 Å². The fourth-order valence-corrected chi connectivity index (χ4v) is 1.26. The Balaban J connectivity index is 2.70. The third-order valence-electron chi connectivity index (χ3n) is 1.53. The van der Waals surface area contributed by atoms with Crippen molar-refractivity contribution in [2.24, 2.45) is 0 Å². The predicted molar refractivity (Wildman–Crippen MR) is 51.0 cm³/mol. The van der Waals surface area contributed by atoms with E-state index >= 15 is 0 Å². The van der Waals surface area contributed by atoms with Gasteiger partial charge in [-0.25, -0.2) is 0 Å². The fourth-order valence-electron chi connectivity index (χ4n) is 0.917. The molecule has 0 aromatic carbocycles. The molecule has 0 atom stereocenters. The molecule has 6 heteroatoms. The van der Waals surface area contributed by atoms with Gasteiger partial charge in [0.2, 0.25) is 0 Å². The number of nitrogens with zero attached hydrogens (tertiary/aromatic N) is 1. The van der Waals surface area contributed by atoms with Crippen molar-refractivity contribution >= 4 is 27.8 Å². The standard InChI is InChI=1S/C8H8BrNO4/c1-10(3-7(11)12)8(13)5-2-6(9)14-4-5/h2,4H,3H2,1H3,(H,11,12). The minimum atomic E-state index is -1.05. The van der Waals surface area contributed by atoms with Crippen molar-refractivity contribution in [3.8, 4) is 0 Å². The summed E-state index contributed by atoms with van der Waals surface area (Å²) in [6, 6.07) is 1.49. The van der Waals surface area contributed by atoms with Gasteiger partial charge in [0.15, 0.2) is 4.67 Å². The van der Waals surface area contributed by atoms with Crippen LogP contribution in [0.1, 0.15) is 10.4 Å². The normalized spacial score (nSPS) is 9.86. The van der Waals surface area contributed by atoms with Gasteiger partial charge in [-0.3, -0.25) is 9.59 Å². The first-order valence-corrected chi connectivity index (χ1v) is 4.51. The Morgan fingerprint density at radius 1 is 1.64 bits per heavy atom. The number of likely N-dealkylation sites (N-methyl/N-ethyl adjacent to an activating group) is 1. The molecule has 0 fully saturated rings. The smallest absolute Gasteiger partial charge is 0.323 e. The maximum atomic E-state index is 11.5. The summed E-state index contributed by atoms with van der Waals surface area (Å²) in [6.07, 6.45) is 1.27. The summed E-state index contributed by atoms with van der Waals surface area (Å²) in [7, 11) is 1.41. The maximum Gasteiger partial charge on any atom is 0.323 e. The topological polar surface area (TPSA) is 70.8 Å². The van der Waals surface area contributed by atoms with Crippen molar-refractivity contribution < 1.29 is 19.1 Å². The van der Waals surface area contributed by atoms with Crippen molar-refractivity contribution in [2.75, 3.05) is 13.6 Å². The number of carbonyl (C=O) groups is 2. The summed E-state index contributed by atoms with van der Waals surface area (Å²) in [5.41, 5.74) is 0.320. The molecule has 0 saturated heterocycles. The van der Waals surface area contributed by atoms with E-state index in [2.05, 4.69) is 15.9 Å². The van der Waals surface area contributed by atoms with Crippen LogP contribution in [-0.2, 0) is 4.79 Å². The van der Waals surface area contributed by atoms with Crippen LogP contribution in [0, 0.1) is 0 Å². The molecule has 14 heavy (non-hydrogen) atoms. The van der Waals surface area contributed by atoms with E-state index in [1.165, 1.54) is 19.4 Å². The summed E-state index contributed by atoms with van der Waals surface area (Å²) < 4.78 is 5.30. The van der Waals surface area contributed by atoms with Crippen LogP contribution < -0.4 is 0 Å².